The largest absolute Gasteiger partial charge is 0.281 e. The molecular weight excluding hydrogens is 199 g/mol. The summed E-state index contributed by atoms with van der Waals surface area (Å²) >= 11 is 4.92. The molecule has 0 fully saturated rings. The fourth-order valence-electron chi connectivity index (χ4n) is 0.326. The first kappa shape index (κ1) is 10.2. The van der Waals surface area contributed by atoms with Crippen LogP contribution in [0.1, 0.15) is 13.3 Å². The summed E-state index contributed by atoms with van der Waals surface area (Å²) < 4.78 is 20.8. The van der Waals surface area contributed by atoms with Crippen LogP contribution < -0.4 is 0 Å². The van der Waals surface area contributed by atoms with E-state index in [0.717, 1.165) is 0 Å². The zero-order chi connectivity index (χ0) is 8.36. The molecule has 1 atom stereocenters. The SMILES string of the molecule is CC(CC(=O)Cl)S(=O)(=O)Cl. The second-order valence-corrected chi connectivity index (χ2v) is 5.31. The van der Waals surface area contributed by atoms with Crippen LogP contribution in [0.2, 0.25) is 0 Å². The van der Waals surface area contributed by atoms with Gasteiger partial charge in [-0.15, -0.1) is 0 Å². The van der Waals surface area contributed by atoms with Crippen LogP contribution in [-0.4, -0.2) is 18.9 Å². The molecule has 1 unspecified atom stereocenters. The van der Waals surface area contributed by atoms with E-state index in [1.165, 1.54) is 6.92 Å². The normalized spacial score (nSPS) is 14.7. The highest BCUT2D eigenvalue weighted by Crippen LogP contribution is 2.11. The highest BCUT2D eigenvalue weighted by Gasteiger charge is 2.19. The lowest BCUT2D eigenvalue weighted by Crippen LogP contribution is -2.13. The van der Waals surface area contributed by atoms with E-state index in [-0.39, 0.29) is 6.42 Å². The highest BCUT2D eigenvalue weighted by molar-refractivity contribution is 8.14. The Kier molecular flexibility index (Phi) is 3.62. The number of carbonyl (C=O) groups excluding carboxylic acids is 1. The Labute approximate surface area is 68.7 Å². The average Bonchev–Trinajstić information content (AvgIpc) is 1.60. The van der Waals surface area contributed by atoms with E-state index in [1.807, 2.05) is 0 Å². The first-order valence-electron chi connectivity index (χ1n) is 2.46. The summed E-state index contributed by atoms with van der Waals surface area (Å²) in [5, 5.41) is -1.60. The van der Waals surface area contributed by atoms with E-state index in [9.17, 15) is 13.2 Å². The van der Waals surface area contributed by atoms with E-state index in [4.69, 9.17) is 22.3 Å². The van der Waals surface area contributed by atoms with Gasteiger partial charge in [-0.25, -0.2) is 8.42 Å². The van der Waals surface area contributed by atoms with Crippen LogP contribution in [0.5, 0.6) is 0 Å². The number of halogens is 2. The molecule has 0 aliphatic rings. The van der Waals surface area contributed by atoms with Crippen molar-refractivity contribution < 1.29 is 13.2 Å². The van der Waals surface area contributed by atoms with E-state index in [0.29, 0.717) is 0 Å². The van der Waals surface area contributed by atoms with Crippen molar-refractivity contribution in [3.63, 3.8) is 0 Å². The number of rotatable bonds is 3. The Bertz CT molecular complexity index is 221. The van der Waals surface area contributed by atoms with Gasteiger partial charge < -0.3 is 0 Å². The van der Waals surface area contributed by atoms with Gasteiger partial charge in [-0.05, 0) is 18.5 Å². The molecule has 3 nitrogen and oxygen atoms in total. The first-order valence-corrected chi connectivity index (χ1v) is 5.21. The van der Waals surface area contributed by atoms with Crippen molar-refractivity contribution in [1.82, 2.24) is 0 Å². The highest BCUT2D eigenvalue weighted by atomic mass is 35.7. The molecule has 0 amide bonds. The topological polar surface area (TPSA) is 51.2 Å². The summed E-state index contributed by atoms with van der Waals surface area (Å²) in [6, 6.07) is 0. The second kappa shape index (κ2) is 3.55. The van der Waals surface area contributed by atoms with E-state index < -0.39 is 19.5 Å². The van der Waals surface area contributed by atoms with Crippen LogP contribution in [0.3, 0.4) is 0 Å². The van der Waals surface area contributed by atoms with Crippen LogP contribution in [0.25, 0.3) is 0 Å². The average molecular weight is 205 g/mol. The van der Waals surface area contributed by atoms with Crippen LogP contribution in [0, 0.1) is 0 Å². The molecule has 0 aromatic heterocycles. The van der Waals surface area contributed by atoms with Crippen molar-refractivity contribution >= 4 is 36.6 Å². The molecule has 10 heavy (non-hydrogen) atoms. The van der Waals surface area contributed by atoms with Crippen LogP contribution in [0.15, 0.2) is 0 Å². The molecule has 0 bridgehead atoms. The smallest absolute Gasteiger partial charge is 0.235 e. The maximum Gasteiger partial charge on any atom is 0.235 e. The fourth-order valence-corrected chi connectivity index (χ4v) is 1.19. The van der Waals surface area contributed by atoms with Gasteiger partial charge >= 0.3 is 0 Å². The number of carbonyl (C=O) groups is 1. The summed E-state index contributed by atoms with van der Waals surface area (Å²) in [6.07, 6.45) is -0.243. The third-order valence-corrected chi connectivity index (χ3v) is 3.12. The van der Waals surface area contributed by atoms with Crippen LogP contribution in [0.4, 0.5) is 0 Å². The van der Waals surface area contributed by atoms with Crippen molar-refractivity contribution in [3.8, 4) is 0 Å². The molecule has 6 heteroatoms. The molecule has 0 aromatic rings. The van der Waals surface area contributed by atoms with Crippen molar-refractivity contribution in [1.29, 1.82) is 0 Å². The molecule has 0 saturated carbocycles. The lowest BCUT2D eigenvalue weighted by molar-refractivity contribution is -0.111. The third-order valence-electron chi connectivity index (χ3n) is 0.929. The van der Waals surface area contributed by atoms with Gasteiger partial charge in [0.05, 0.1) is 5.25 Å². The first-order chi connectivity index (χ1) is 4.34. The summed E-state index contributed by atoms with van der Waals surface area (Å²) in [7, 11) is 1.26. The van der Waals surface area contributed by atoms with Crippen molar-refractivity contribution in [2.45, 2.75) is 18.6 Å². The molecule has 0 aliphatic heterocycles. The zero-order valence-electron chi connectivity index (χ0n) is 5.17. The van der Waals surface area contributed by atoms with E-state index >= 15 is 0 Å². The molecule has 0 N–H and O–H groups in total. The molecule has 0 saturated heterocycles. The Hall–Kier alpha value is 0.200. The van der Waals surface area contributed by atoms with Crippen molar-refractivity contribution in [2.75, 3.05) is 0 Å². The predicted molar refractivity (Wildman–Crippen MR) is 39.7 cm³/mol. The van der Waals surface area contributed by atoms with Gasteiger partial charge in [0, 0.05) is 17.1 Å². The minimum absolute atomic E-state index is 0.243. The molecule has 0 spiro atoms. The molecular formula is C4H6Cl2O3S. The van der Waals surface area contributed by atoms with E-state index in [2.05, 4.69) is 0 Å². The van der Waals surface area contributed by atoms with Crippen molar-refractivity contribution in [3.05, 3.63) is 0 Å². The quantitative estimate of drug-likeness (QED) is 0.648. The predicted octanol–water partition coefficient (Wildman–Crippen LogP) is 1.10. The van der Waals surface area contributed by atoms with E-state index in [1.54, 1.807) is 0 Å². The third kappa shape index (κ3) is 4.09. The van der Waals surface area contributed by atoms with Crippen LogP contribution >= 0.6 is 22.3 Å². The standard InChI is InChI=1S/C4H6Cl2O3S/c1-3(2-4(5)7)10(6,8)9/h3H,2H2,1H3. The van der Waals surface area contributed by atoms with Gasteiger partial charge in [0.15, 0.2) is 0 Å². The summed E-state index contributed by atoms with van der Waals surface area (Å²) in [6.45, 7) is 1.32. The number of hydrogen-bond donors (Lipinski definition) is 0. The molecule has 0 aromatic carbocycles. The molecule has 0 radical (unpaired) electrons. The van der Waals surface area contributed by atoms with Crippen LogP contribution in [-0.2, 0) is 13.8 Å². The lowest BCUT2D eigenvalue weighted by atomic mass is 10.4. The Morgan fingerprint density at radius 2 is 2.00 bits per heavy atom. The van der Waals surface area contributed by atoms with Gasteiger partial charge in [0.1, 0.15) is 0 Å². The minimum Gasteiger partial charge on any atom is -0.281 e. The van der Waals surface area contributed by atoms with Gasteiger partial charge in [-0.1, -0.05) is 0 Å². The van der Waals surface area contributed by atoms with Gasteiger partial charge in [0.25, 0.3) is 0 Å². The Morgan fingerprint density at radius 1 is 1.60 bits per heavy atom. The Morgan fingerprint density at radius 3 is 2.10 bits per heavy atom. The Balaban J connectivity index is 4.12. The summed E-state index contributed by atoms with van der Waals surface area (Å²) in [5.41, 5.74) is 0. The van der Waals surface area contributed by atoms with Gasteiger partial charge in [0.2, 0.25) is 14.3 Å². The maximum absolute atomic E-state index is 10.4. The molecule has 0 rings (SSSR count). The minimum atomic E-state index is -3.63. The molecule has 0 heterocycles. The monoisotopic (exact) mass is 204 g/mol. The maximum atomic E-state index is 10.4. The van der Waals surface area contributed by atoms with Gasteiger partial charge in [-0.3, -0.25) is 4.79 Å². The molecule has 0 aliphatic carbocycles. The fraction of sp³-hybridized carbons (Fsp3) is 0.750. The van der Waals surface area contributed by atoms with Crippen molar-refractivity contribution in [2.24, 2.45) is 0 Å². The lowest BCUT2D eigenvalue weighted by Gasteiger charge is -2.01. The zero-order valence-corrected chi connectivity index (χ0v) is 7.50. The molecule has 60 valence electrons. The van der Waals surface area contributed by atoms with Gasteiger partial charge in [-0.2, -0.15) is 0 Å². The number of hydrogen-bond acceptors (Lipinski definition) is 3. The summed E-state index contributed by atoms with van der Waals surface area (Å²) in [4.78, 5) is 10.1. The second-order valence-electron chi connectivity index (χ2n) is 1.85. The summed E-state index contributed by atoms with van der Waals surface area (Å²) in [5.74, 6) is 0.